The van der Waals surface area contributed by atoms with Crippen molar-refractivity contribution in [2.45, 2.75) is 58.2 Å². The fourth-order valence-corrected chi connectivity index (χ4v) is 3.62. The van der Waals surface area contributed by atoms with Gasteiger partial charge in [0, 0.05) is 31.2 Å². The van der Waals surface area contributed by atoms with E-state index in [0.29, 0.717) is 20.9 Å². The number of rotatable bonds is 2. The predicted molar refractivity (Wildman–Crippen MR) is 119 cm³/mol. The molecular weight excluding hydrogens is 634 g/mol. The Morgan fingerprint density at radius 2 is 1.50 bits per heavy atom. The third-order valence-electron chi connectivity index (χ3n) is 4.16. The van der Waals surface area contributed by atoms with Gasteiger partial charge in [-0.2, -0.15) is 0 Å². The minimum Gasteiger partial charge on any atom is -0.444 e. The molecule has 2 aromatic rings. The first kappa shape index (κ1) is 23.9. The molecule has 0 saturated heterocycles. The van der Waals surface area contributed by atoms with Crippen molar-refractivity contribution in [2.24, 2.45) is 0 Å². The fourth-order valence-electron chi connectivity index (χ4n) is 2.41. The van der Waals surface area contributed by atoms with Gasteiger partial charge in [-0.25, -0.2) is 14.4 Å². The number of oxazole rings is 2. The maximum absolute atomic E-state index is 16.1. The number of allylic oxidation sites excluding steroid dienone is 2. The number of nitrogens with one attached hydrogen (secondary N) is 1. The molecule has 0 spiro atoms. The molecule has 5 nitrogen and oxygen atoms in total. The van der Waals surface area contributed by atoms with Gasteiger partial charge in [-0.3, -0.25) is 0 Å². The van der Waals surface area contributed by atoms with Crippen molar-refractivity contribution in [1.29, 1.82) is 0 Å². The molecule has 1 aliphatic heterocycles. The van der Waals surface area contributed by atoms with Crippen LogP contribution in [0, 0.1) is 0 Å². The molecule has 0 saturated carbocycles. The molecule has 1 unspecified atom stereocenters. The van der Waals surface area contributed by atoms with Crippen molar-refractivity contribution in [1.82, 2.24) is 15.3 Å². The average molecular weight is 656 g/mol. The van der Waals surface area contributed by atoms with Gasteiger partial charge in [-0.15, -0.1) is 0 Å². The van der Waals surface area contributed by atoms with Gasteiger partial charge < -0.3 is 14.2 Å². The second kappa shape index (κ2) is 8.03. The van der Waals surface area contributed by atoms with Gasteiger partial charge >= 0.3 is 0 Å². The first-order valence-corrected chi connectivity index (χ1v) is 10.7. The summed E-state index contributed by atoms with van der Waals surface area (Å²) >= 11 is 4.08. The summed E-state index contributed by atoms with van der Waals surface area (Å²) in [5, 5.41) is 2.88. The van der Waals surface area contributed by atoms with E-state index in [9.17, 15) is 0 Å². The maximum Gasteiger partial charge on any atom is 0.289 e. The van der Waals surface area contributed by atoms with Crippen LogP contribution in [0.25, 0.3) is 5.70 Å². The summed E-state index contributed by atoms with van der Waals surface area (Å²) in [5.74, 6) is -1.78. The Morgan fingerprint density at radius 3 is 2.00 bits per heavy atom. The van der Waals surface area contributed by atoms with Crippen LogP contribution < -0.4 is 5.32 Å². The van der Waals surface area contributed by atoms with Crippen LogP contribution >= 0.6 is 45.2 Å². The van der Waals surface area contributed by atoms with E-state index in [1.165, 1.54) is 6.26 Å². The molecule has 0 amide bonds. The Kier molecular flexibility index (Phi) is 6.84. The Balaban J connectivity index is 0.00000280. The first-order chi connectivity index (χ1) is 12.3. The van der Waals surface area contributed by atoms with Crippen LogP contribution in [0.5, 0.6) is 0 Å². The molecule has 3 rings (SSSR count). The summed E-state index contributed by atoms with van der Waals surface area (Å²) in [6.07, 6.45) is 4.93. The van der Waals surface area contributed by atoms with Gasteiger partial charge in [0.15, 0.2) is 0 Å². The average Bonchev–Trinajstić information content (AvgIpc) is 3.20. The number of hydrogen-bond donors (Lipinski definition) is 1. The third-order valence-corrected chi connectivity index (χ3v) is 7.37. The van der Waals surface area contributed by atoms with Crippen LogP contribution in [0.2, 0.25) is 0 Å². The van der Waals surface area contributed by atoms with Gasteiger partial charge in [0.2, 0.25) is 5.89 Å². The molecule has 0 aromatic carbocycles. The third kappa shape index (κ3) is 4.51. The van der Waals surface area contributed by atoms with Gasteiger partial charge in [-0.05, 0) is 51.3 Å². The summed E-state index contributed by atoms with van der Waals surface area (Å²) < 4.78 is 28.4. The van der Waals surface area contributed by atoms with Crippen molar-refractivity contribution in [3.05, 3.63) is 48.9 Å². The van der Waals surface area contributed by atoms with Crippen LogP contribution in [-0.2, 0) is 33.4 Å². The summed E-state index contributed by atoms with van der Waals surface area (Å²) in [5.41, 5.74) is 1.55. The van der Waals surface area contributed by atoms with Crippen molar-refractivity contribution in [3.8, 4) is 0 Å². The van der Waals surface area contributed by atoms with Gasteiger partial charge in [0.05, 0.1) is 15.0 Å². The van der Waals surface area contributed by atoms with Crippen molar-refractivity contribution >= 4 is 50.9 Å². The summed E-state index contributed by atoms with van der Waals surface area (Å²) in [6.45, 7) is 12.2. The standard InChI is InChI=1S/C19H22FI2N3O2.Co/c1-17(2,3)12-8-26-15(23-12)11-7-10(21)14(22)19(20,25-11)16-24-13(9-27-16)18(4,5)6;/h7-9,25H,1-6H3;. The summed E-state index contributed by atoms with van der Waals surface area (Å²) in [6, 6.07) is 0. The van der Waals surface area contributed by atoms with Crippen LogP contribution in [0.4, 0.5) is 4.39 Å². The Bertz CT molecular complexity index is 938. The van der Waals surface area contributed by atoms with Crippen molar-refractivity contribution in [3.63, 3.8) is 0 Å². The minimum atomic E-state index is -2.08. The molecule has 1 aliphatic rings. The van der Waals surface area contributed by atoms with E-state index in [4.69, 9.17) is 8.83 Å². The van der Waals surface area contributed by atoms with E-state index in [1.54, 1.807) is 6.26 Å². The predicted octanol–water partition coefficient (Wildman–Crippen LogP) is 6.10. The topological polar surface area (TPSA) is 64.1 Å². The Morgan fingerprint density at radius 1 is 0.964 bits per heavy atom. The number of halogens is 3. The van der Waals surface area contributed by atoms with E-state index in [0.717, 1.165) is 9.27 Å². The van der Waals surface area contributed by atoms with Crippen LogP contribution in [0.1, 0.15) is 64.7 Å². The molecule has 0 fully saturated rings. The number of hydrogen-bond acceptors (Lipinski definition) is 5. The first-order valence-electron chi connectivity index (χ1n) is 8.50. The van der Waals surface area contributed by atoms with Gasteiger partial charge in [0.25, 0.3) is 11.7 Å². The molecule has 155 valence electrons. The maximum atomic E-state index is 16.1. The largest absolute Gasteiger partial charge is 0.444 e. The monoisotopic (exact) mass is 656 g/mol. The van der Waals surface area contributed by atoms with Crippen molar-refractivity contribution in [2.75, 3.05) is 0 Å². The molecule has 28 heavy (non-hydrogen) atoms. The molecule has 0 aliphatic carbocycles. The van der Waals surface area contributed by atoms with E-state index >= 15 is 4.39 Å². The second-order valence-corrected chi connectivity index (χ2v) is 10.8. The van der Waals surface area contributed by atoms with E-state index in [1.807, 2.05) is 70.2 Å². The quantitative estimate of drug-likeness (QED) is 0.313. The van der Waals surface area contributed by atoms with E-state index in [-0.39, 0.29) is 33.5 Å². The fraction of sp³-hybridized carbons (Fsp3) is 0.474. The SMILES string of the molecule is CC(C)(C)c1coc(C2=CC(I)=C(I)C(F)(c3nc(C(C)(C)C)co3)N2)n1.[Co]. The van der Waals surface area contributed by atoms with E-state index < -0.39 is 5.79 Å². The number of aromatic nitrogens is 2. The molecular formula is C19H22CoFI2N3O2. The Labute approximate surface area is 201 Å². The molecule has 9 heteroatoms. The normalized spacial score (nSPS) is 20.5. The Hall–Kier alpha value is -0.404. The van der Waals surface area contributed by atoms with E-state index in [2.05, 4.69) is 37.9 Å². The van der Waals surface area contributed by atoms with Crippen LogP contribution in [0.15, 0.2) is 34.6 Å². The molecule has 1 radical (unpaired) electrons. The summed E-state index contributed by atoms with van der Waals surface area (Å²) in [7, 11) is 0. The van der Waals surface area contributed by atoms with Gasteiger partial charge in [-0.1, -0.05) is 41.5 Å². The zero-order valence-electron chi connectivity index (χ0n) is 16.4. The number of dihydropyridines is 1. The van der Waals surface area contributed by atoms with Crippen molar-refractivity contribution < 1.29 is 30.0 Å². The number of nitrogens with zero attached hydrogens (tertiary/aromatic N) is 2. The molecule has 1 N–H and O–H groups in total. The molecule has 0 bridgehead atoms. The van der Waals surface area contributed by atoms with Crippen LogP contribution in [0.3, 0.4) is 0 Å². The zero-order valence-corrected chi connectivity index (χ0v) is 21.8. The minimum absolute atomic E-state index is 0. The van der Waals surface area contributed by atoms with Gasteiger partial charge in [0.1, 0.15) is 18.2 Å². The molecule has 2 aromatic heterocycles. The smallest absolute Gasteiger partial charge is 0.289 e. The summed E-state index contributed by atoms with van der Waals surface area (Å²) in [4.78, 5) is 8.93. The number of alkyl halides is 1. The molecule has 3 heterocycles. The van der Waals surface area contributed by atoms with Crippen LogP contribution in [-0.4, -0.2) is 9.97 Å². The zero-order chi connectivity index (χ0) is 20.2. The molecule has 1 atom stereocenters. The second-order valence-electron chi connectivity index (χ2n) is 8.58.